The van der Waals surface area contributed by atoms with Crippen molar-refractivity contribution < 1.29 is 4.79 Å². The van der Waals surface area contributed by atoms with E-state index in [-0.39, 0.29) is 5.91 Å². The van der Waals surface area contributed by atoms with E-state index in [0.717, 1.165) is 12.1 Å². The fourth-order valence-corrected chi connectivity index (χ4v) is 2.85. The quantitative estimate of drug-likeness (QED) is 0.831. The molecule has 0 aliphatic carbocycles. The van der Waals surface area contributed by atoms with E-state index in [2.05, 4.69) is 17.1 Å². The summed E-state index contributed by atoms with van der Waals surface area (Å²) in [6.07, 6.45) is 3.58. The molecule has 1 saturated heterocycles. The lowest BCUT2D eigenvalue weighted by Gasteiger charge is -2.32. The minimum absolute atomic E-state index is 0.347. The summed E-state index contributed by atoms with van der Waals surface area (Å²) in [5, 5.41) is 3.56. The van der Waals surface area contributed by atoms with Crippen LogP contribution >= 0.6 is 0 Å². The fourth-order valence-electron chi connectivity index (χ4n) is 2.85. The number of nitrogens with two attached hydrogens (primary N) is 1. The Balaban J connectivity index is 1.83. The molecule has 3 N–H and O–H groups in total. The van der Waals surface area contributed by atoms with Crippen molar-refractivity contribution in [1.29, 1.82) is 0 Å². The van der Waals surface area contributed by atoms with E-state index < -0.39 is 0 Å². The van der Waals surface area contributed by atoms with Gasteiger partial charge in [-0.3, -0.25) is 4.79 Å². The molecular weight excluding hydrogens is 250 g/mol. The highest BCUT2D eigenvalue weighted by molar-refractivity contribution is 5.94. The van der Waals surface area contributed by atoms with Crippen molar-refractivity contribution in [3.8, 4) is 0 Å². The summed E-state index contributed by atoms with van der Waals surface area (Å²) in [5.41, 5.74) is 7.03. The number of nitrogens with zero attached hydrogens (tertiary/aromatic N) is 1. The molecule has 4 heteroatoms. The Morgan fingerprint density at radius 1 is 1.35 bits per heavy atom. The summed E-state index contributed by atoms with van der Waals surface area (Å²) in [5.74, 6) is -0.347. The average molecular weight is 275 g/mol. The maximum absolute atomic E-state index is 11.4. The van der Waals surface area contributed by atoms with Crippen molar-refractivity contribution in [2.75, 3.05) is 19.6 Å². The minimum atomic E-state index is -0.347. The molecule has 20 heavy (non-hydrogen) atoms. The lowest BCUT2D eigenvalue weighted by Crippen LogP contribution is -2.42. The maximum atomic E-state index is 11.4. The summed E-state index contributed by atoms with van der Waals surface area (Å²) in [6, 6.07) is 8.12. The van der Waals surface area contributed by atoms with Gasteiger partial charge in [0, 0.05) is 18.2 Å². The number of rotatable bonds is 6. The number of hydrogen-bond acceptors (Lipinski definition) is 3. The van der Waals surface area contributed by atoms with Crippen LogP contribution in [0.2, 0.25) is 0 Å². The zero-order chi connectivity index (χ0) is 14.4. The van der Waals surface area contributed by atoms with E-state index in [1.165, 1.54) is 38.9 Å². The fraction of sp³-hybridized carbons (Fsp3) is 0.562. The van der Waals surface area contributed by atoms with Gasteiger partial charge in [0.15, 0.2) is 0 Å². The van der Waals surface area contributed by atoms with E-state index in [9.17, 15) is 4.79 Å². The summed E-state index contributed by atoms with van der Waals surface area (Å²) in [6.45, 7) is 6.49. The van der Waals surface area contributed by atoms with E-state index in [1.54, 1.807) is 6.07 Å². The molecule has 0 spiro atoms. The molecule has 1 heterocycles. The summed E-state index contributed by atoms with van der Waals surface area (Å²) in [4.78, 5) is 13.9. The third-order valence-electron chi connectivity index (χ3n) is 3.99. The van der Waals surface area contributed by atoms with E-state index in [4.69, 9.17) is 5.73 Å². The molecule has 1 amide bonds. The molecule has 0 unspecified atom stereocenters. The third kappa shape index (κ3) is 4.05. The van der Waals surface area contributed by atoms with Gasteiger partial charge in [0.05, 0.1) is 0 Å². The predicted octanol–water partition coefficient (Wildman–Crippen LogP) is 1.75. The number of amides is 1. The molecule has 110 valence electrons. The zero-order valence-corrected chi connectivity index (χ0v) is 12.3. The molecule has 1 aromatic carbocycles. The highest BCUT2D eigenvalue weighted by atomic mass is 16.1. The molecule has 0 radical (unpaired) electrons. The van der Waals surface area contributed by atoms with Gasteiger partial charge in [-0.05, 0) is 50.5 Å². The second-order valence-corrected chi connectivity index (χ2v) is 5.52. The smallest absolute Gasteiger partial charge is 0.249 e. The van der Waals surface area contributed by atoms with Crippen molar-refractivity contribution in [3.05, 3.63) is 35.4 Å². The second-order valence-electron chi connectivity index (χ2n) is 5.52. The molecule has 0 bridgehead atoms. The first-order chi connectivity index (χ1) is 9.70. The predicted molar refractivity (Wildman–Crippen MR) is 81.6 cm³/mol. The summed E-state index contributed by atoms with van der Waals surface area (Å²) >= 11 is 0. The van der Waals surface area contributed by atoms with Gasteiger partial charge in [-0.1, -0.05) is 25.1 Å². The number of likely N-dealkylation sites (tertiary alicyclic amines) is 1. The Kier molecular flexibility index (Phi) is 5.56. The van der Waals surface area contributed by atoms with Crippen LogP contribution in [-0.2, 0) is 6.54 Å². The lowest BCUT2D eigenvalue weighted by atomic mass is 10.0. The minimum Gasteiger partial charge on any atom is -0.366 e. The molecule has 0 aromatic heterocycles. The van der Waals surface area contributed by atoms with Crippen molar-refractivity contribution in [2.24, 2.45) is 5.73 Å². The first-order valence-electron chi connectivity index (χ1n) is 7.54. The normalized spacial score (nSPS) is 17.2. The van der Waals surface area contributed by atoms with Crippen LogP contribution in [0.1, 0.15) is 42.1 Å². The second kappa shape index (κ2) is 7.41. The lowest BCUT2D eigenvalue weighted by molar-refractivity contribution is 0.0999. The van der Waals surface area contributed by atoms with Gasteiger partial charge in [-0.25, -0.2) is 0 Å². The van der Waals surface area contributed by atoms with Gasteiger partial charge >= 0.3 is 0 Å². The van der Waals surface area contributed by atoms with Crippen LogP contribution in [0.4, 0.5) is 0 Å². The van der Waals surface area contributed by atoms with Crippen LogP contribution in [0, 0.1) is 0 Å². The maximum Gasteiger partial charge on any atom is 0.249 e. The van der Waals surface area contributed by atoms with Crippen molar-refractivity contribution in [1.82, 2.24) is 10.2 Å². The van der Waals surface area contributed by atoms with Gasteiger partial charge < -0.3 is 16.0 Å². The third-order valence-corrected chi connectivity index (χ3v) is 3.99. The Bertz CT molecular complexity index is 439. The number of nitrogens with one attached hydrogen (secondary N) is 1. The Labute approximate surface area is 121 Å². The van der Waals surface area contributed by atoms with Crippen LogP contribution in [0.25, 0.3) is 0 Å². The summed E-state index contributed by atoms with van der Waals surface area (Å²) in [7, 11) is 0. The molecule has 2 rings (SSSR count). The van der Waals surface area contributed by atoms with Crippen LogP contribution in [-0.4, -0.2) is 36.5 Å². The molecule has 1 aromatic rings. The summed E-state index contributed by atoms with van der Waals surface area (Å²) < 4.78 is 0. The van der Waals surface area contributed by atoms with Crippen LogP contribution in [0.15, 0.2) is 24.3 Å². The molecule has 1 fully saturated rings. The zero-order valence-electron chi connectivity index (χ0n) is 12.3. The molecule has 1 aliphatic heterocycles. The van der Waals surface area contributed by atoms with Crippen LogP contribution in [0.3, 0.4) is 0 Å². The van der Waals surface area contributed by atoms with E-state index in [1.807, 2.05) is 18.2 Å². The molecule has 4 nitrogen and oxygen atoms in total. The van der Waals surface area contributed by atoms with Crippen molar-refractivity contribution in [3.63, 3.8) is 0 Å². The average Bonchev–Trinajstić information content (AvgIpc) is 2.47. The highest BCUT2D eigenvalue weighted by Crippen LogP contribution is 2.13. The van der Waals surface area contributed by atoms with Gasteiger partial charge in [0.2, 0.25) is 5.91 Å². The molecule has 0 saturated carbocycles. The number of hydrogen-bond donors (Lipinski definition) is 2. The monoisotopic (exact) mass is 275 g/mol. The van der Waals surface area contributed by atoms with E-state index >= 15 is 0 Å². The highest BCUT2D eigenvalue weighted by Gasteiger charge is 2.18. The Morgan fingerprint density at radius 3 is 2.70 bits per heavy atom. The number of primary amides is 1. The van der Waals surface area contributed by atoms with E-state index in [0.29, 0.717) is 11.6 Å². The van der Waals surface area contributed by atoms with Gasteiger partial charge in [0.25, 0.3) is 0 Å². The number of benzene rings is 1. The molecule has 1 aliphatic rings. The van der Waals surface area contributed by atoms with Gasteiger partial charge in [-0.15, -0.1) is 0 Å². The SMILES string of the molecule is CCCN1CCC(NCc2ccccc2C(N)=O)CC1. The molecule has 0 atom stereocenters. The Hall–Kier alpha value is -1.39. The van der Waals surface area contributed by atoms with Crippen molar-refractivity contribution >= 4 is 5.91 Å². The van der Waals surface area contributed by atoms with Crippen LogP contribution in [0.5, 0.6) is 0 Å². The largest absolute Gasteiger partial charge is 0.366 e. The topological polar surface area (TPSA) is 58.4 Å². The van der Waals surface area contributed by atoms with Gasteiger partial charge in [-0.2, -0.15) is 0 Å². The Morgan fingerprint density at radius 2 is 2.05 bits per heavy atom. The standard InChI is InChI=1S/C16H25N3O/c1-2-9-19-10-7-14(8-11-19)18-12-13-5-3-4-6-15(13)16(17)20/h3-6,14,18H,2,7-12H2,1H3,(H2,17,20). The number of piperidine rings is 1. The van der Waals surface area contributed by atoms with Gasteiger partial charge in [0.1, 0.15) is 0 Å². The molecular formula is C16H25N3O. The van der Waals surface area contributed by atoms with Crippen molar-refractivity contribution in [2.45, 2.75) is 38.8 Å². The first kappa shape index (κ1) is 15.0. The number of carbonyl (C=O) groups excluding carboxylic acids is 1. The first-order valence-corrected chi connectivity index (χ1v) is 7.54. The van der Waals surface area contributed by atoms with Crippen LogP contribution < -0.4 is 11.1 Å². The number of carbonyl (C=O) groups is 1.